The monoisotopic (exact) mass is 701 g/mol. The van der Waals surface area contributed by atoms with E-state index in [-0.39, 0.29) is 11.1 Å². The number of urea groups is 1. The third kappa shape index (κ3) is 7.26. The average Bonchev–Trinajstić information content (AvgIpc) is 3.15. The second-order valence-electron chi connectivity index (χ2n) is 14.8. The van der Waals surface area contributed by atoms with Crippen LogP contribution in [-0.2, 0) is 16.7 Å². The van der Waals surface area contributed by atoms with Crippen molar-refractivity contribution in [3.05, 3.63) is 104 Å². The van der Waals surface area contributed by atoms with E-state index in [0.29, 0.717) is 28.5 Å². The summed E-state index contributed by atoms with van der Waals surface area (Å²) in [5.41, 5.74) is 5.35. The SMILES string of the molecule is COc1c(NC(=O)Nc2ccc(-c3ccc(CN4CCOCC4)cc3)c3ccccc23)cc(C(C)(C)C)cc1Nc1c(N2CCCCC2)c(=O)c1=O. The standard InChI is InChI=1S/C42H47N5O5/c1-42(2,3)29-24-34(43-36-37(39(49)38(36)48)47-18-8-5-9-19-47)40(51-4)35(25-29)45-41(50)44-33-17-16-30(31-10-6-7-11-32(31)33)28-14-12-27(13-15-28)26-46-20-22-52-23-21-46/h6-7,10-17,24-25,43H,5,8-9,18-23,26H2,1-4H3,(H2,44,45,50). The van der Waals surface area contributed by atoms with Crippen molar-refractivity contribution in [3.8, 4) is 16.9 Å². The molecule has 2 heterocycles. The number of hydrogen-bond acceptors (Lipinski definition) is 8. The number of nitrogens with zero attached hydrogens (tertiary/aromatic N) is 2. The summed E-state index contributed by atoms with van der Waals surface area (Å²) in [6.07, 6.45) is 3.06. The van der Waals surface area contributed by atoms with Crippen LogP contribution in [0.3, 0.4) is 0 Å². The molecule has 2 amide bonds. The van der Waals surface area contributed by atoms with Gasteiger partial charge in [-0.15, -0.1) is 0 Å². The van der Waals surface area contributed by atoms with Crippen LogP contribution in [0.4, 0.5) is 33.2 Å². The Morgan fingerprint density at radius 2 is 1.46 bits per heavy atom. The van der Waals surface area contributed by atoms with Crippen LogP contribution in [0.25, 0.3) is 21.9 Å². The van der Waals surface area contributed by atoms with Gasteiger partial charge in [-0.05, 0) is 70.5 Å². The van der Waals surface area contributed by atoms with E-state index in [1.54, 1.807) is 0 Å². The molecule has 10 heteroatoms. The highest BCUT2D eigenvalue weighted by Gasteiger charge is 2.29. The summed E-state index contributed by atoms with van der Waals surface area (Å²) in [6, 6.07) is 24.1. The Bertz CT molecular complexity index is 2150. The van der Waals surface area contributed by atoms with Gasteiger partial charge in [-0.25, -0.2) is 4.79 Å². The maximum absolute atomic E-state index is 13.7. The molecule has 0 aliphatic carbocycles. The summed E-state index contributed by atoms with van der Waals surface area (Å²) in [5.74, 6) is 0.359. The van der Waals surface area contributed by atoms with Gasteiger partial charge in [-0.1, -0.05) is 75.4 Å². The predicted molar refractivity (Wildman–Crippen MR) is 211 cm³/mol. The first-order chi connectivity index (χ1) is 25.1. The van der Waals surface area contributed by atoms with Crippen LogP contribution in [0.2, 0.25) is 0 Å². The van der Waals surface area contributed by atoms with Gasteiger partial charge >= 0.3 is 6.03 Å². The molecule has 0 bridgehead atoms. The molecule has 10 nitrogen and oxygen atoms in total. The molecule has 7 rings (SSSR count). The van der Waals surface area contributed by atoms with Gasteiger partial charge in [0.1, 0.15) is 11.4 Å². The largest absolute Gasteiger partial charge is 0.492 e. The number of rotatable bonds is 9. The van der Waals surface area contributed by atoms with Crippen LogP contribution in [0.1, 0.15) is 51.2 Å². The first-order valence-electron chi connectivity index (χ1n) is 18.2. The Hall–Kier alpha value is -5.19. The van der Waals surface area contributed by atoms with Crippen LogP contribution >= 0.6 is 0 Å². The summed E-state index contributed by atoms with van der Waals surface area (Å²) >= 11 is 0. The molecular formula is C42H47N5O5. The number of carbonyl (C=O) groups is 1. The fourth-order valence-corrected chi connectivity index (χ4v) is 7.26. The van der Waals surface area contributed by atoms with Crippen LogP contribution < -0.4 is 36.4 Å². The highest BCUT2D eigenvalue weighted by Crippen LogP contribution is 2.41. The van der Waals surface area contributed by atoms with Gasteiger partial charge in [0.15, 0.2) is 5.75 Å². The second-order valence-corrected chi connectivity index (χ2v) is 14.8. The minimum Gasteiger partial charge on any atom is -0.492 e. The summed E-state index contributed by atoms with van der Waals surface area (Å²) in [5, 5.41) is 11.2. The summed E-state index contributed by atoms with van der Waals surface area (Å²) in [6.45, 7) is 12.1. The van der Waals surface area contributed by atoms with Crippen molar-refractivity contribution in [2.24, 2.45) is 0 Å². The molecule has 2 saturated heterocycles. The van der Waals surface area contributed by atoms with Crippen molar-refractivity contribution in [3.63, 3.8) is 0 Å². The molecular weight excluding hydrogens is 654 g/mol. The third-order valence-electron chi connectivity index (χ3n) is 10.2. The van der Waals surface area contributed by atoms with Crippen LogP contribution in [0, 0.1) is 0 Å². The van der Waals surface area contributed by atoms with Gasteiger partial charge in [0.2, 0.25) is 0 Å². The van der Waals surface area contributed by atoms with Gasteiger partial charge in [-0.2, -0.15) is 0 Å². The van der Waals surface area contributed by atoms with Gasteiger partial charge in [-0.3, -0.25) is 14.5 Å². The van der Waals surface area contributed by atoms with E-state index in [4.69, 9.17) is 9.47 Å². The highest BCUT2D eigenvalue weighted by molar-refractivity contribution is 6.10. The quantitative estimate of drug-likeness (QED) is 0.135. The lowest BCUT2D eigenvalue weighted by Gasteiger charge is -2.31. The van der Waals surface area contributed by atoms with Crippen molar-refractivity contribution in [2.75, 3.05) is 67.4 Å². The second kappa shape index (κ2) is 14.8. The van der Waals surface area contributed by atoms with Gasteiger partial charge in [0.05, 0.1) is 37.4 Å². The molecule has 5 aromatic rings. The van der Waals surface area contributed by atoms with Crippen molar-refractivity contribution in [1.82, 2.24) is 4.90 Å². The summed E-state index contributed by atoms with van der Waals surface area (Å²) < 4.78 is 11.3. The number of carbonyl (C=O) groups excluding carboxylic acids is 1. The molecule has 0 atom stereocenters. The Morgan fingerprint density at radius 1 is 0.788 bits per heavy atom. The number of nitrogens with one attached hydrogen (secondary N) is 3. The van der Waals surface area contributed by atoms with Gasteiger partial charge < -0.3 is 30.3 Å². The van der Waals surface area contributed by atoms with Crippen molar-refractivity contribution in [1.29, 1.82) is 0 Å². The number of benzene rings is 4. The number of piperidine rings is 1. The van der Waals surface area contributed by atoms with Crippen molar-refractivity contribution < 1.29 is 14.3 Å². The van der Waals surface area contributed by atoms with Crippen LogP contribution in [0.5, 0.6) is 5.75 Å². The summed E-state index contributed by atoms with van der Waals surface area (Å²) in [4.78, 5) is 43.7. The van der Waals surface area contributed by atoms with E-state index < -0.39 is 16.9 Å². The van der Waals surface area contributed by atoms with E-state index in [2.05, 4.69) is 72.0 Å². The number of methoxy groups -OCH3 is 1. The fraction of sp³-hybridized carbons (Fsp3) is 0.357. The molecule has 0 saturated carbocycles. The molecule has 2 fully saturated rings. The molecule has 0 aromatic heterocycles. The molecule has 0 radical (unpaired) electrons. The van der Waals surface area contributed by atoms with E-state index in [9.17, 15) is 14.4 Å². The third-order valence-corrected chi connectivity index (χ3v) is 10.2. The van der Waals surface area contributed by atoms with Crippen molar-refractivity contribution in [2.45, 2.75) is 52.0 Å². The van der Waals surface area contributed by atoms with Gasteiger partial charge in [0.25, 0.3) is 10.9 Å². The highest BCUT2D eigenvalue weighted by atomic mass is 16.5. The first kappa shape index (κ1) is 35.2. The maximum atomic E-state index is 13.7. The summed E-state index contributed by atoms with van der Waals surface area (Å²) in [7, 11) is 1.52. The lowest BCUT2D eigenvalue weighted by molar-refractivity contribution is 0.0342. The van der Waals surface area contributed by atoms with Crippen LogP contribution in [0.15, 0.2) is 82.4 Å². The molecule has 52 heavy (non-hydrogen) atoms. The zero-order valence-electron chi connectivity index (χ0n) is 30.4. The number of hydrogen-bond donors (Lipinski definition) is 3. The number of fused-ring (bicyclic) bond motifs is 1. The predicted octanol–water partition coefficient (Wildman–Crippen LogP) is 7.62. The lowest BCUT2D eigenvalue weighted by atomic mass is 9.86. The smallest absolute Gasteiger partial charge is 0.323 e. The van der Waals surface area contributed by atoms with E-state index in [1.165, 1.54) is 12.7 Å². The van der Waals surface area contributed by atoms with E-state index >= 15 is 0 Å². The number of morpholine rings is 1. The van der Waals surface area contributed by atoms with Gasteiger partial charge in [0, 0.05) is 38.1 Å². The van der Waals surface area contributed by atoms with Crippen LogP contribution in [-0.4, -0.2) is 57.4 Å². The molecule has 0 spiro atoms. The average molecular weight is 702 g/mol. The molecule has 0 unspecified atom stereocenters. The van der Waals surface area contributed by atoms with E-state index in [1.807, 2.05) is 47.4 Å². The molecule has 270 valence electrons. The molecule has 2 aliphatic rings. The molecule has 3 N–H and O–H groups in total. The minimum absolute atomic E-state index is 0.268. The normalized spacial score (nSPS) is 15.5. The lowest BCUT2D eigenvalue weighted by Crippen LogP contribution is -2.44. The molecule has 5 aromatic carbocycles. The Labute approximate surface area is 304 Å². The van der Waals surface area contributed by atoms with E-state index in [0.717, 1.165) is 92.7 Å². The number of ether oxygens (including phenoxy) is 2. The minimum atomic E-state index is -0.546. The number of anilines is 5. The Morgan fingerprint density at radius 3 is 2.15 bits per heavy atom. The fourth-order valence-electron chi connectivity index (χ4n) is 7.26. The Kier molecular flexibility index (Phi) is 10.0. The molecule has 2 aliphatic heterocycles. The topological polar surface area (TPSA) is 112 Å². The Balaban J connectivity index is 1.14. The first-order valence-corrected chi connectivity index (χ1v) is 18.2. The zero-order valence-corrected chi connectivity index (χ0v) is 30.4. The number of amides is 2. The zero-order chi connectivity index (χ0) is 36.4. The van der Waals surface area contributed by atoms with Crippen molar-refractivity contribution >= 4 is 45.2 Å². The maximum Gasteiger partial charge on any atom is 0.323 e.